The van der Waals surface area contributed by atoms with E-state index in [0.29, 0.717) is 5.75 Å². The predicted molar refractivity (Wildman–Crippen MR) is 95.8 cm³/mol. The number of ether oxygens (including phenoxy) is 2. The quantitative estimate of drug-likeness (QED) is 0.780. The SMILES string of the molecule is COc1ccc2c(c1)C(=O)/C(=C/C=C\c1ccccc1OC)CC2. The zero-order valence-electron chi connectivity index (χ0n) is 13.9. The van der Waals surface area contributed by atoms with Crippen LogP contribution in [0.4, 0.5) is 0 Å². The minimum atomic E-state index is 0.0832. The zero-order valence-corrected chi connectivity index (χ0v) is 13.9. The van der Waals surface area contributed by atoms with Crippen molar-refractivity contribution in [3.05, 3.63) is 76.9 Å². The van der Waals surface area contributed by atoms with Crippen molar-refractivity contribution in [2.45, 2.75) is 12.8 Å². The molecule has 0 radical (unpaired) electrons. The van der Waals surface area contributed by atoms with Crippen LogP contribution in [0.2, 0.25) is 0 Å². The number of benzene rings is 2. The first kappa shape index (κ1) is 16.1. The second-order valence-electron chi connectivity index (χ2n) is 5.65. The zero-order chi connectivity index (χ0) is 16.9. The molecule has 0 aliphatic heterocycles. The van der Waals surface area contributed by atoms with Crippen LogP contribution >= 0.6 is 0 Å². The molecule has 0 heterocycles. The maximum absolute atomic E-state index is 12.7. The fourth-order valence-corrected chi connectivity index (χ4v) is 2.90. The van der Waals surface area contributed by atoms with Gasteiger partial charge in [-0.05, 0) is 36.6 Å². The molecule has 0 unspecified atom stereocenters. The highest BCUT2D eigenvalue weighted by molar-refractivity contribution is 6.11. The third-order valence-corrected chi connectivity index (χ3v) is 4.23. The molecule has 2 aromatic rings. The summed E-state index contributed by atoms with van der Waals surface area (Å²) in [4.78, 5) is 12.7. The van der Waals surface area contributed by atoms with Gasteiger partial charge < -0.3 is 9.47 Å². The van der Waals surface area contributed by atoms with Gasteiger partial charge in [-0.2, -0.15) is 0 Å². The number of hydrogen-bond donors (Lipinski definition) is 0. The number of aryl methyl sites for hydroxylation is 1. The van der Waals surface area contributed by atoms with Crippen molar-refractivity contribution in [2.24, 2.45) is 0 Å². The smallest absolute Gasteiger partial charge is 0.189 e. The van der Waals surface area contributed by atoms with Gasteiger partial charge >= 0.3 is 0 Å². The Morgan fingerprint density at radius 2 is 1.83 bits per heavy atom. The normalized spacial score (nSPS) is 15.6. The number of hydrogen-bond acceptors (Lipinski definition) is 3. The van der Waals surface area contributed by atoms with Crippen LogP contribution in [0, 0.1) is 0 Å². The lowest BCUT2D eigenvalue weighted by Gasteiger charge is -2.17. The van der Waals surface area contributed by atoms with Crippen LogP contribution in [0.3, 0.4) is 0 Å². The van der Waals surface area contributed by atoms with Crippen molar-refractivity contribution >= 4 is 11.9 Å². The standard InChI is InChI=1S/C21H20O3/c1-23-18-13-12-15-10-11-17(21(22)19(15)14-18)8-5-7-16-6-3-4-9-20(16)24-2/h3-9,12-14H,10-11H2,1-2H3/b7-5-,17-8+. The van der Waals surface area contributed by atoms with E-state index in [-0.39, 0.29) is 5.78 Å². The van der Waals surface area contributed by atoms with Crippen LogP contribution in [-0.4, -0.2) is 20.0 Å². The van der Waals surface area contributed by atoms with Gasteiger partial charge in [-0.25, -0.2) is 0 Å². The Labute approximate surface area is 142 Å². The highest BCUT2D eigenvalue weighted by atomic mass is 16.5. The second kappa shape index (κ2) is 7.18. The summed E-state index contributed by atoms with van der Waals surface area (Å²) in [5, 5.41) is 0. The number of carbonyl (C=O) groups is 1. The number of fused-ring (bicyclic) bond motifs is 1. The number of ketones is 1. The molecule has 0 aromatic heterocycles. The molecule has 0 fully saturated rings. The van der Waals surface area contributed by atoms with E-state index in [2.05, 4.69) is 0 Å². The van der Waals surface area contributed by atoms with E-state index in [1.165, 1.54) is 0 Å². The third-order valence-electron chi connectivity index (χ3n) is 4.23. The van der Waals surface area contributed by atoms with Gasteiger partial charge in [0.05, 0.1) is 14.2 Å². The fraction of sp³-hybridized carbons (Fsp3) is 0.190. The van der Waals surface area contributed by atoms with Gasteiger partial charge in [-0.15, -0.1) is 0 Å². The lowest BCUT2D eigenvalue weighted by Crippen LogP contribution is -2.14. The summed E-state index contributed by atoms with van der Waals surface area (Å²) >= 11 is 0. The maximum Gasteiger partial charge on any atom is 0.189 e. The molecule has 0 atom stereocenters. The highest BCUT2D eigenvalue weighted by Gasteiger charge is 2.21. The Kier molecular flexibility index (Phi) is 4.80. The number of allylic oxidation sites excluding steroid dienone is 3. The van der Waals surface area contributed by atoms with Crippen molar-refractivity contribution < 1.29 is 14.3 Å². The molecule has 0 amide bonds. The second-order valence-corrected chi connectivity index (χ2v) is 5.65. The molecule has 3 heteroatoms. The molecule has 3 rings (SSSR count). The molecule has 0 saturated heterocycles. The largest absolute Gasteiger partial charge is 0.497 e. The Balaban J connectivity index is 1.84. The van der Waals surface area contributed by atoms with E-state index in [1.807, 2.05) is 60.7 Å². The first-order valence-electron chi connectivity index (χ1n) is 7.95. The summed E-state index contributed by atoms with van der Waals surface area (Å²) in [7, 11) is 3.27. The molecule has 24 heavy (non-hydrogen) atoms. The molecule has 3 nitrogen and oxygen atoms in total. The van der Waals surface area contributed by atoms with E-state index in [0.717, 1.165) is 40.9 Å². The predicted octanol–water partition coefficient (Wildman–Crippen LogP) is 4.47. The van der Waals surface area contributed by atoms with Crippen LogP contribution in [0.1, 0.15) is 27.9 Å². The van der Waals surface area contributed by atoms with Crippen LogP contribution < -0.4 is 9.47 Å². The van der Waals surface area contributed by atoms with Crippen LogP contribution in [-0.2, 0) is 6.42 Å². The average molecular weight is 320 g/mol. The molecular formula is C21H20O3. The van der Waals surface area contributed by atoms with Gasteiger partial charge in [0.1, 0.15) is 11.5 Å². The third kappa shape index (κ3) is 3.25. The van der Waals surface area contributed by atoms with E-state index in [9.17, 15) is 4.79 Å². The summed E-state index contributed by atoms with van der Waals surface area (Å²) < 4.78 is 10.6. The van der Waals surface area contributed by atoms with E-state index in [4.69, 9.17) is 9.47 Å². The van der Waals surface area contributed by atoms with Crippen molar-refractivity contribution in [3.8, 4) is 11.5 Å². The Morgan fingerprint density at radius 1 is 1.00 bits per heavy atom. The number of carbonyl (C=O) groups excluding carboxylic acids is 1. The molecule has 0 bridgehead atoms. The lowest BCUT2D eigenvalue weighted by molar-refractivity contribution is 0.102. The van der Waals surface area contributed by atoms with Gasteiger partial charge in [-0.1, -0.05) is 42.5 Å². The van der Waals surface area contributed by atoms with E-state index >= 15 is 0 Å². The van der Waals surface area contributed by atoms with Crippen molar-refractivity contribution in [1.82, 2.24) is 0 Å². The highest BCUT2D eigenvalue weighted by Crippen LogP contribution is 2.28. The van der Waals surface area contributed by atoms with Crippen molar-refractivity contribution in [2.75, 3.05) is 14.2 Å². The van der Waals surface area contributed by atoms with Crippen LogP contribution in [0.5, 0.6) is 11.5 Å². The number of para-hydroxylation sites is 1. The topological polar surface area (TPSA) is 35.5 Å². The van der Waals surface area contributed by atoms with E-state index in [1.54, 1.807) is 14.2 Å². The molecule has 1 aliphatic rings. The fourth-order valence-electron chi connectivity index (χ4n) is 2.90. The van der Waals surface area contributed by atoms with Gasteiger partial charge in [0.25, 0.3) is 0 Å². The van der Waals surface area contributed by atoms with Crippen molar-refractivity contribution in [3.63, 3.8) is 0 Å². The Bertz CT molecular complexity index is 816. The molecule has 1 aliphatic carbocycles. The molecule has 0 saturated carbocycles. The molecule has 0 spiro atoms. The minimum Gasteiger partial charge on any atom is -0.497 e. The number of rotatable bonds is 4. The van der Waals surface area contributed by atoms with Crippen LogP contribution in [0.15, 0.2) is 60.2 Å². The Hall–Kier alpha value is -2.81. The lowest BCUT2D eigenvalue weighted by atomic mass is 9.86. The summed E-state index contributed by atoms with van der Waals surface area (Å²) in [6, 6.07) is 13.5. The molecular weight excluding hydrogens is 300 g/mol. The summed E-state index contributed by atoms with van der Waals surface area (Å²) in [6.07, 6.45) is 7.40. The monoisotopic (exact) mass is 320 g/mol. The molecule has 122 valence electrons. The maximum atomic E-state index is 12.7. The average Bonchev–Trinajstić information content (AvgIpc) is 2.63. The summed E-state index contributed by atoms with van der Waals surface area (Å²) in [5.41, 5.74) is 3.65. The first-order valence-corrected chi connectivity index (χ1v) is 7.95. The number of Topliss-reactive ketones (excluding diaryl/α,β-unsaturated/α-hetero) is 1. The number of methoxy groups -OCH3 is 2. The van der Waals surface area contributed by atoms with Gasteiger partial charge in [0.15, 0.2) is 5.78 Å². The van der Waals surface area contributed by atoms with Gasteiger partial charge in [0.2, 0.25) is 0 Å². The molecule has 0 N–H and O–H groups in total. The van der Waals surface area contributed by atoms with Crippen LogP contribution in [0.25, 0.3) is 6.08 Å². The summed E-state index contributed by atoms with van der Waals surface area (Å²) in [5.74, 6) is 1.62. The Morgan fingerprint density at radius 3 is 2.62 bits per heavy atom. The van der Waals surface area contributed by atoms with E-state index < -0.39 is 0 Å². The molecule has 2 aromatic carbocycles. The van der Waals surface area contributed by atoms with Gasteiger partial charge in [0, 0.05) is 16.7 Å². The van der Waals surface area contributed by atoms with Gasteiger partial charge in [-0.3, -0.25) is 4.79 Å². The van der Waals surface area contributed by atoms with Crippen molar-refractivity contribution in [1.29, 1.82) is 0 Å². The first-order chi connectivity index (χ1) is 11.7. The summed E-state index contributed by atoms with van der Waals surface area (Å²) in [6.45, 7) is 0. The minimum absolute atomic E-state index is 0.0832.